The molecule has 5 nitrogen and oxygen atoms in total. The molecule has 0 N–H and O–H groups in total. The van der Waals surface area contributed by atoms with Crippen molar-refractivity contribution >= 4 is 23.6 Å². The van der Waals surface area contributed by atoms with Crippen LogP contribution in [0.2, 0.25) is 5.02 Å². The first-order valence-corrected chi connectivity index (χ1v) is 6.15. The molecule has 1 aromatic rings. The van der Waals surface area contributed by atoms with Crippen LogP contribution in [0.5, 0.6) is 11.5 Å². The first kappa shape index (κ1) is 15.9. The number of rotatable bonds is 5. The maximum atomic E-state index is 11.5. The molecular weight excluding hydrogens is 282 g/mol. The first-order valence-electron chi connectivity index (χ1n) is 5.77. The minimum absolute atomic E-state index is 0.116. The van der Waals surface area contributed by atoms with Gasteiger partial charge in [0.25, 0.3) is 0 Å². The van der Waals surface area contributed by atoms with Crippen molar-refractivity contribution < 1.29 is 19.0 Å². The van der Waals surface area contributed by atoms with E-state index < -0.39 is 5.97 Å². The van der Waals surface area contributed by atoms with Crippen molar-refractivity contribution in [2.24, 2.45) is 0 Å². The summed E-state index contributed by atoms with van der Waals surface area (Å²) in [7, 11) is 2.94. The molecule has 1 rings (SSSR count). The van der Waals surface area contributed by atoms with E-state index in [2.05, 4.69) is 0 Å². The van der Waals surface area contributed by atoms with Crippen molar-refractivity contribution in [1.82, 2.24) is 0 Å². The van der Waals surface area contributed by atoms with Crippen LogP contribution in [-0.4, -0.2) is 26.8 Å². The van der Waals surface area contributed by atoms with Crippen LogP contribution in [0.15, 0.2) is 17.7 Å². The molecule has 0 spiro atoms. The summed E-state index contributed by atoms with van der Waals surface area (Å²) < 4.78 is 15.0. The summed E-state index contributed by atoms with van der Waals surface area (Å²) in [6, 6.07) is 4.97. The van der Waals surface area contributed by atoms with Gasteiger partial charge in [0.15, 0.2) is 11.5 Å². The van der Waals surface area contributed by atoms with Crippen LogP contribution in [0.4, 0.5) is 0 Å². The average molecular weight is 296 g/mol. The number of esters is 1. The van der Waals surface area contributed by atoms with Crippen LogP contribution in [-0.2, 0) is 9.53 Å². The number of carbonyl (C=O) groups is 1. The van der Waals surface area contributed by atoms with Crippen molar-refractivity contribution in [2.45, 2.75) is 6.92 Å². The number of ether oxygens (including phenoxy) is 3. The molecule has 0 amide bonds. The van der Waals surface area contributed by atoms with E-state index >= 15 is 0 Å². The van der Waals surface area contributed by atoms with Gasteiger partial charge in [0.1, 0.15) is 11.6 Å². The summed E-state index contributed by atoms with van der Waals surface area (Å²) in [6.07, 6.45) is 1.38. The fraction of sp³-hybridized carbons (Fsp3) is 0.286. The lowest BCUT2D eigenvalue weighted by Crippen LogP contribution is -2.06. The van der Waals surface area contributed by atoms with Gasteiger partial charge in [0.2, 0.25) is 0 Å². The largest absolute Gasteiger partial charge is 0.493 e. The second kappa shape index (κ2) is 7.41. The van der Waals surface area contributed by atoms with E-state index in [0.29, 0.717) is 22.1 Å². The van der Waals surface area contributed by atoms with E-state index in [1.165, 1.54) is 20.3 Å². The minimum Gasteiger partial charge on any atom is -0.493 e. The Morgan fingerprint density at radius 3 is 2.60 bits per heavy atom. The van der Waals surface area contributed by atoms with Crippen molar-refractivity contribution in [2.75, 3.05) is 20.8 Å². The van der Waals surface area contributed by atoms with Crippen LogP contribution in [0, 0.1) is 11.3 Å². The van der Waals surface area contributed by atoms with Gasteiger partial charge in [-0.25, -0.2) is 4.79 Å². The SMILES string of the molecule is CCOC(=O)C(C#N)=Cc1cc(Cl)c(OC)c(OC)c1. The van der Waals surface area contributed by atoms with Gasteiger partial charge in [-0.15, -0.1) is 0 Å². The second-order valence-corrected chi connectivity index (χ2v) is 4.04. The van der Waals surface area contributed by atoms with Gasteiger partial charge in [0, 0.05) is 0 Å². The number of hydrogen-bond acceptors (Lipinski definition) is 5. The van der Waals surface area contributed by atoms with E-state index in [1.54, 1.807) is 25.1 Å². The number of nitrogens with zero attached hydrogens (tertiary/aromatic N) is 1. The maximum absolute atomic E-state index is 11.5. The number of benzene rings is 1. The zero-order chi connectivity index (χ0) is 15.1. The number of nitriles is 1. The first-order chi connectivity index (χ1) is 9.57. The quantitative estimate of drug-likeness (QED) is 0.474. The molecule has 20 heavy (non-hydrogen) atoms. The standard InChI is InChI=1S/C14H14ClNO4/c1-4-20-14(17)10(8-16)5-9-6-11(15)13(19-3)12(7-9)18-2/h5-7H,4H2,1-3H3. The summed E-state index contributed by atoms with van der Waals surface area (Å²) in [5.74, 6) is 0.120. The van der Waals surface area contributed by atoms with Crippen molar-refractivity contribution in [3.05, 3.63) is 28.3 Å². The van der Waals surface area contributed by atoms with E-state index in [9.17, 15) is 4.79 Å². The predicted molar refractivity (Wildman–Crippen MR) is 74.8 cm³/mol. The van der Waals surface area contributed by atoms with Crippen molar-refractivity contribution in [3.8, 4) is 17.6 Å². The normalized spacial score (nSPS) is 10.7. The molecule has 0 saturated heterocycles. The molecule has 106 valence electrons. The van der Waals surface area contributed by atoms with Gasteiger partial charge in [-0.1, -0.05) is 11.6 Å². The second-order valence-electron chi connectivity index (χ2n) is 3.63. The molecule has 0 bridgehead atoms. The molecule has 0 aliphatic rings. The molecular formula is C14H14ClNO4. The fourth-order valence-electron chi connectivity index (χ4n) is 1.53. The maximum Gasteiger partial charge on any atom is 0.348 e. The Labute approximate surface area is 122 Å². The summed E-state index contributed by atoms with van der Waals surface area (Å²) >= 11 is 6.05. The van der Waals surface area contributed by atoms with E-state index in [-0.39, 0.29) is 12.2 Å². The van der Waals surface area contributed by atoms with Crippen LogP contribution >= 0.6 is 11.6 Å². The number of methoxy groups -OCH3 is 2. The zero-order valence-electron chi connectivity index (χ0n) is 11.4. The van der Waals surface area contributed by atoms with Gasteiger partial charge < -0.3 is 14.2 Å². The Morgan fingerprint density at radius 1 is 1.40 bits per heavy atom. The highest BCUT2D eigenvalue weighted by Gasteiger charge is 2.13. The number of halogens is 1. The smallest absolute Gasteiger partial charge is 0.348 e. The molecule has 1 aromatic carbocycles. The van der Waals surface area contributed by atoms with Crippen LogP contribution < -0.4 is 9.47 Å². The molecule has 0 radical (unpaired) electrons. The predicted octanol–water partition coefficient (Wildman–Crippen LogP) is 2.83. The highest BCUT2D eigenvalue weighted by atomic mass is 35.5. The lowest BCUT2D eigenvalue weighted by molar-refractivity contribution is -0.137. The van der Waals surface area contributed by atoms with E-state index in [1.807, 2.05) is 0 Å². The van der Waals surface area contributed by atoms with Gasteiger partial charge >= 0.3 is 5.97 Å². The summed E-state index contributed by atoms with van der Waals surface area (Å²) in [6.45, 7) is 1.87. The van der Waals surface area contributed by atoms with Gasteiger partial charge in [-0.2, -0.15) is 5.26 Å². The zero-order valence-corrected chi connectivity index (χ0v) is 12.2. The van der Waals surface area contributed by atoms with E-state index in [4.69, 9.17) is 31.1 Å². The molecule has 0 aliphatic carbocycles. The molecule has 0 aromatic heterocycles. The fourth-order valence-corrected chi connectivity index (χ4v) is 1.83. The minimum atomic E-state index is -0.680. The summed E-state index contributed by atoms with van der Waals surface area (Å²) in [5.41, 5.74) is 0.424. The molecule has 6 heteroatoms. The lowest BCUT2D eigenvalue weighted by atomic mass is 10.1. The molecule has 0 atom stereocenters. The summed E-state index contributed by atoms with van der Waals surface area (Å²) in [5, 5.41) is 9.29. The van der Waals surface area contributed by atoms with Crippen LogP contribution in [0.1, 0.15) is 12.5 Å². The molecule has 0 saturated carbocycles. The Bertz CT molecular complexity index is 575. The third-order valence-electron chi connectivity index (χ3n) is 2.38. The summed E-state index contributed by atoms with van der Waals surface area (Å²) in [4.78, 5) is 11.5. The highest BCUT2D eigenvalue weighted by Crippen LogP contribution is 2.36. The molecule has 0 aliphatic heterocycles. The van der Waals surface area contributed by atoms with Crippen molar-refractivity contribution in [1.29, 1.82) is 5.26 Å². The van der Waals surface area contributed by atoms with Gasteiger partial charge in [-0.3, -0.25) is 0 Å². The van der Waals surface area contributed by atoms with E-state index in [0.717, 1.165) is 0 Å². The topological polar surface area (TPSA) is 68.6 Å². The average Bonchev–Trinajstić information content (AvgIpc) is 2.44. The Morgan fingerprint density at radius 2 is 2.10 bits per heavy atom. The van der Waals surface area contributed by atoms with Crippen LogP contribution in [0.25, 0.3) is 6.08 Å². The highest BCUT2D eigenvalue weighted by molar-refractivity contribution is 6.32. The van der Waals surface area contributed by atoms with Gasteiger partial charge in [0.05, 0.1) is 25.8 Å². The lowest BCUT2D eigenvalue weighted by Gasteiger charge is -2.10. The Balaban J connectivity index is 3.23. The molecule has 0 unspecified atom stereocenters. The van der Waals surface area contributed by atoms with Crippen molar-refractivity contribution in [3.63, 3.8) is 0 Å². The Hall–Kier alpha value is -2.19. The number of hydrogen-bond donors (Lipinski definition) is 0. The molecule has 0 heterocycles. The monoisotopic (exact) mass is 295 g/mol. The van der Waals surface area contributed by atoms with Crippen LogP contribution in [0.3, 0.4) is 0 Å². The number of carbonyl (C=O) groups excluding carboxylic acids is 1. The Kier molecular flexibility index (Phi) is 5.88. The third-order valence-corrected chi connectivity index (χ3v) is 2.66. The van der Waals surface area contributed by atoms with Gasteiger partial charge in [-0.05, 0) is 30.7 Å². The molecule has 0 fully saturated rings. The third kappa shape index (κ3) is 3.65.